The minimum Gasteiger partial charge on any atom is -0.256 e. The molecule has 0 radical (unpaired) electrons. The monoisotopic (exact) mass is 731 g/mol. The smallest absolute Gasteiger partial charge is 0.160 e. The summed E-state index contributed by atoms with van der Waals surface area (Å²) in [6, 6.07) is 61.2. The van der Waals surface area contributed by atoms with E-state index in [-0.39, 0.29) is 5.92 Å². The predicted octanol–water partition coefficient (Wildman–Crippen LogP) is 13.2. The van der Waals surface area contributed by atoms with Crippen molar-refractivity contribution in [3.05, 3.63) is 188 Å². The summed E-state index contributed by atoms with van der Waals surface area (Å²) in [7, 11) is 0. The second-order valence-corrected chi connectivity index (χ2v) is 14.7. The summed E-state index contributed by atoms with van der Waals surface area (Å²) in [6.07, 6.45) is 1.85. The first-order chi connectivity index (χ1) is 28.1. The lowest BCUT2D eigenvalue weighted by molar-refractivity contribution is 0.831. The fourth-order valence-electron chi connectivity index (χ4n) is 7.68. The van der Waals surface area contributed by atoms with Gasteiger partial charge in [-0.25, -0.2) is 15.0 Å². The van der Waals surface area contributed by atoms with Crippen molar-refractivity contribution in [2.75, 3.05) is 0 Å². The Morgan fingerprint density at radius 2 is 0.965 bits per heavy atom. The van der Waals surface area contributed by atoms with Crippen LogP contribution in [0.25, 0.3) is 100 Å². The first kappa shape index (κ1) is 34.1. The molecule has 0 atom stereocenters. The molecule has 0 saturated heterocycles. The third-order valence-corrected chi connectivity index (χ3v) is 10.6. The molecular weight excluding hydrogens is 695 g/mol. The van der Waals surface area contributed by atoms with Gasteiger partial charge < -0.3 is 0 Å². The number of rotatable bonds is 7. The van der Waals surface area contributed by atoms with Gasteiger partial charge in [-0.15, -0.1) is 0 Å². The molecule has 10 aromatic rings. The number of hydrogen-bond donors (Lipinski definition) is 0. The van der Waals surface area contributed by atoms with E-state index in [1.165, 1.54) is 0 Å². The minimum absolute atomic E-state index is 0.224. The summed E-state index contributed by atoms with van der Waals surface area (Å²) >= 11 is 0. The van der Waals surface area contributed by atoms with Crippen LogP contribution >= 0.6 is 0 Å². The molecule has 6 aromatic carbocycles. The number of hydrogen-bond acceptors (Lipinski definition) is 5. The Balaban J connectivity index is 1.12. The summed E-state index contributed by atoms with van der Waals surface area (Å²) in [5.74, 6) is 0.899. The Kier molecular flexibility index (Phi) is 8.61. The van der Waals surface area contributed by atoms with E-state index in [4.69, 9.17) is 24.9 Å². The number of aromatic nitrogens is 5. The first-order valence-corrected chi connectivity index (χ1v) is 19.4. The van der Waals surface area contributed by atoms with E-state index in [2.05, 4.69) is 159 Å². The van der Waals surface area contributed by atoms with E-state index in [9.17, 15) is 0 Å². The van der Waals surface area contributed by atoms with Crippen LogP contribution in [-0.4, -0.2) is 24.9 Å². The molecule has 270 valence electrons. The van der Waals surface area contributed by atoms with Gasteiger partial charge in [0.05, 0.1) is 33.6 Å². The van der Waals surface area contributed by atoms with Crippen LogP contribution in [0.3, 0.4) is 0 Å². The van der Waals surface area contributed by atoms with E-state index in [1.807, 2.05) is 36.5 Å². The molecular formula is C52H37N5. The maximum atomic E-state index is 5.25. The molecule has 57 heavy (non-hydrogen) atoms. The van der Waals surface area contributed by atoms with E-state index in [0.29, 0.717) is 5.82 Å². The molecule has 0 N–H and O–H groups in total. The number of nitrogens with zero attached hydrogens (tertiary/aromatic N) is 5. The summed E-state index contributed by atoms with van der Waals surface area (Å²) < 4.78 is 0. The first-order valence-electron chi connectivity index (χ1n) is 19.4. The van der Waals surface area contributed by atoms with Gasteiger partial charge in [-0.05, 0) is 59.0 Å². The molecule has 0 amide bonds. The van der Waals surface area contributed by atoms with Gasteiger partial charge in [-0.2, -0.15) is 0 Å². The van der Waals surface area contributed by atoms with Gasteiger partial charge in [0.25, 0.3) is 0 Å². The fraction of sp³-hybridized carbons (Fsp3) is 0.0577. The van der Waals surface area contributed by atoms with E-state index < -0.39 is 0 Å². The van der Waals surface area contributed by atoms with Crippen LogP contribution in [0, 0.1) is 0 Å². The van der Waals surface area contributed by atoms with Gasteiger partial charge in [-0.1, -0.05) is 153 Å². The molecule has 0 aliphatic rings. The zero-order valence-electron chi connectivity index (χ0n) is 31.6. The highest BCUT2D eigenvalue weighted by Gasteiger charge is 2.17. The maximum Gasteiger partial charge on any atom is 0.160 e. The van der Waals surface area contributed by atoms with Crippen molar-refractivity contribution in [3.8, 4) is 67.4 Å². The average molecular weight is 732 g/mol. The number of para-hydroxylation sites is 1. The molecule has 0 bridgehead atoms. The normalized spacial score (nSPS) is 11.5. The Labute approximate surface area is 331 Å². The van der Waals surface area contributed by atoms with Crippen LogP contribution in [-0.2, 0) is 0 Å². The third-order valence-electron chi connectivity index (χ3n) is 10.6. The highest BCUT2D eigenvalue weighted by Crippen LogP contribution is 2.38. The Hall–Kier alpha value is -7.37. The second kappa shape index (κ2) is 14.4. The van der Waals surface area contributed by atoms with Crippen LogP contribution < -0.4 is 0 Å². The standard InChI is InChI=1S/C52H37N5/c1-33(2)46-31-44(43-26-24-36-25-27-45(34-13-5-3-6-14-34)54-50(36)51(43)55-46)39-19-10-21-41(30-39)48-32-47(56-52(57-48)37-15-7-4-8-16-37)40-20-9-18-38(29-40)42-23-11-17-35-22-12-28-53-49(35)42/h3-33H,1-2H3. The van der Waals surface area contributed by atoms with Crippen LogP contribution in [0.15, 0.2) is 182 Å². The van der Waals surface area contributed by atoms with Crippen LogP contribution in [0.2, 0.25) is 0 Å². The molecule has 5 heteroatoms. The van der Waals surface area contributed by atoms with Gasteiger partial charge in [0.2, 0.25) is 0 Å². The van der Waals surface area contributed by atoms with Crippen LogP contribution in [0.1, 0.15) is 25.5 Å². The molecule has 0 aliphatic heterocycles. The van der Waals surface area contributed by atoms with Crippen molar-refractivity contribution < 1.29 is 0 Å². The van der Waals surface area contributed by atoms with Crippen molar-refractivity contribution in [3.63, 3.8) is 0 Å². The topological polar surface area (TPSA) is 64.5 Å². The van der Waals surface area contributed by atoms with Gasteiger partial charge in [0.1, 0.15) is 0 Å². The van der Waals surface area contributed by atoms with Gasteiger partial charge in [0.15, 0.2) is 5.82 Å². The lowest BCUT2D eigenvalue weighted by Gasteiger charge is -2.15. The molecule has 10 rings (SSSR count). The highest BCUT2D eigenvalue weighted by atomic mass is 14.9. The van der Waals surface area contributed by atoms with E-state index >= 15 is 0 Å². The van der Waals surface area contributed by atoms with E-state index in [0.717, 1.165) is 100.0 Å². The summed E-state index contributed by atoms with van der Waals surface area (Å²) in [6.45, 7) is 4.39. The summed E-state index contributed by atoms with van der Waals surface area (Å²) in [5, 5.41) is 3.24. The van der Waals surface area contributed by atoms with Crippen molar-refractivity contribution >= 4 is 32.7 Å². The molecule has 5 nitrogen and oxygen atoms in total. The molecule has 4 aromatic heterocycles. The number of pyridine rings is 3. The quantitative estimate of drug-likeness (QED) is 0.153. The van der Waals surface area contributed by atoms with Crippen molar-refractivity contribution in [1.82, 2.24) is 24.9 Å². The van der Waals surface area contributed by atoms with E-state index in [1.54, 1.807) is 0 Å². The zero-order chi connectivity index (χ0) is 38.3. The minimum atomic E-state index is 0.224. The molecule has 4 heterocycles. The molecule has 0 saturated carbocycles. The van der Waals surface area contributed by atoms with Gasteiger partial charge in [-0.3, -0.25) is 9.97 Å². The highest BCUT2D eigenvalue weighted by molar-refractivity contribution is 6.09. The van der Waals surface area contributed by atoms with Crippen molar-refractivity contribution in [2.24, 2.45) is 0 Å². The Morgan fingerprint density at radius 3 is 1.68 bits per heavy atom. The van der Waals surface area contributed by atoms with Crippen molar-refractivity contribution in [1.29, 1.82) is 0 Å². The molecule has 0 aliphatic carbocycles. The number of fused-ring (bicyclic) bond motifs is 4. The molecule has 0 fully saturated rings. The van der Waals surface area contributed by atoms with Crippen LogP contribution in [0.5, 0.6) is 0 Å². The summed E-state index contributed by atoms with van der Waals surface area (Å²) in [5.41, 5.74) is 14.9. The number of benzene rings is 6. The van der Waals surface area contributed by atoms with Gasteiger partial charge in [0, 0.05) is 55.9 Å². The molecule has 0 unspecified atom stereocenters. The average Bonchev–Trinajstić information content (AvgIpc) is 3.28. The van der Waals surface area contributed by atoms with Crippen molar-refractivity contribution in [2.45, 2.75) is 19.8 Å². The lowest BCUT2D eigenvalue weighted by atomic mass is 9.94. The predicted molar refractivity (Wildman–Crippen MR) is 235 cm³/mol. The second-order valence-electron chi connectivity index (χ2n) is 14.7. The Morgan fingerprint density at radius 1 is 0.368 bits per heavy atom. The van der Waals surface area contributed by atoms with Gasteiger partial charge >= 0.3 is 0 Å². The SMILES string of the molecule is CC(C)c1cc(-c2cccc(-c3cc(-c4cccc(-c5cccc6cccnc56)c4)nc(-c4ccccc4)n3)c2)c2ccc3ccc(-c4ccccc4)nc3c2n1. The lowest BCUT2D eigenvalue weighted by Crippen LogP contribution is -1.98. The van der Waals surface area contributed by atoms with Crippen LogP contribution in [0.4, 0.5) is 0 Å². The zero-order valence-corrected chi connectivity index (χ0v) is 31.6. The summed E-state index contributed by atoms with van der Waals surface area (Å²) in [4.78, 5) is 25.6. The maximum absolute atomic E-state index is 5.25. The molecule has 0 spiro atoms. The largest absolute Gasteiger partial charge is 0.256 e. The fourth-order valence-corrected chi connectivity index (χ4v) is 7.68. The third kappa shape index (κ3) is 6.49. The Bertz CT molecular complexity index is 3100.